The van der Waals surface area contributed by atoms with Crippen molar-refractivity contribution >= 4 is 5.97 Å². The van der Waals surface area contributed by atoms with Crippen molar-refractivity contribution in [3.8, 4) is 0 Å². The first-order valence-electron chi connectivity index (χ1n) is 23.6. The lowest BCUT2D eigenvalue weighted by atomic mass is 9.46. The number of fused-ring (bicyclic) bond motifs is 7. The van der Waals surface area contributed by atoms with Crippen LogP contribution in [0.2, 0.25) is 0 Å². The maximum atomic E-state index is 12.6. The molecule has 63 heavy (non-hydrogen) atoms. The molecule has 26 atom stereocenters. The summed E-state index contributed by atoms with van der Waals surface area (Å²) in [6, 6.07) is 0. The first-order valence-corrected chi connectivity index (χ1v) is 23.6. The van der Waals surface area contributed by atoms with Gasteiger partial charge in [0.2, 0.25) is 0 Å². The van der Waals surface area contributed by atoms with Gasteiger partial charge in [0.25, 0.3) is 0 Å². The Labute approximate surface area is 369 Å². The van der Waals surface area contributed by atoms with Gasteiger partial charge in [0.05, 0.1) is 43.7 Å². The molecule has 3 saturated carbocycles. The summed E-state index contributed by atoms with van der Waals surface area (Å²) in [7, 11) is 0. The monoisotopic (exact) mass is 896 g/mol. The zero-order chi connectivity index (χ0) is 45.1. The molecule has 0 aromatic heterocycles. The lowest BCUT2D eigenvalue weighted by Crippen LogP contribution is -2.67. The Morgan fingerprint density at radius 3 is 2.17 bits per heavy atom. The zero-order valence-corrected chi connectivity index (χ0v) is 37.6. The normalized spacial score (nSPS) is 56.8. The van der Waals surface area contributed by atoms with E-state index in [2.05, 4.69) is 33.8 Å². The maximum Gasteiger partial charge on any atom is 0.303 e. The third-order valence-electron chi connectivity index (χ3n) is 17.6. The van der Waals surface area contributed by atoms with Crippen LogP contribution < -0.4 is 0 Å². The van der Waals surface area contributed by atoms with Crippen LogP contribution in [0.4, 0.5) is 0 Å². The highest BCUT2D eigenvalue weighted by Gasteiger charge is 2.70. The van der Waals surface area contributed by atoms with E-state index in [0.29, 0.717) is 30.1 Å². The van der Waals surface area contributed by atoms with Crippen LogP contribution in [0.5, 0.6) is 0 Å². The lowest BCUT2D eigenvalue weighted by molar-refractivity contribution is -0.391. The summed E-state index contributed by atoms with van der Waals surface area (Å²) in [6.07, 6.45) is -12.4. The van der Waals surface area contributed by atoms with Crippen molar-refractivity contribution in [2.24, 2.45) is 46.3 Å². The van der Waals surface area contributed by atoms with Crippen molar-refractivity contribution < 1.29 is 83.2 Å². The van der Waals surface area contributed by atoms with E-state index in [1.165, 1.54) is 13.8 Å². The average Bonchev–Trinajstić information content (AvgIpc) is 3.68. The second-order valence-electron chi connectivity index (χ2n) is 21.3. The molecule has 17 heteroatoms. The smallest absolute Gasteiger partial charge is 0.303 e. The zero-order valence-electron chi connectivity index (χ0n) is 37.6. The second-order valence-corrected chi connectivity index (χ2v) is 21.3. The molecule has 1 spiro atoms. The lowest BCUT2D eigenvalue weighted by Gasteiger charge is -2.61. The van der Waals surface area contributed by atoms with Crippen LogP contribution in [-0.2, 0) is 47.4 Å². The summed E-state index contributed by atoms with van der Waals surface area (Å²) in [4.78, 5) is 12.6. The van der Waals surface area contributed by atoms with Crippen LogP contribution in [0, 0.1) is 46.3 Å². The van der Waals surface area contributed by atoms with E-state index in [1.54, 1.807) is 6.92 Å². The highest BCUT2D eigenvalue weighted by atomic mass is 16.8. The molecular weight excluding hydrogens is 824 g/mol. The van der Waals surface area contributed by atoms with Gasteiger partial charge in [-0.15, -0.1) is 0 Å². The van der Waals surface area contributed by atoms with Gasteiger partial charge in [0.1, 0.15) is 48.8 Å². The van der Waals surface area contributed by atoms with Gasteiger partial charge in [-0.05, 0) is 87.4 Å². The van der Waals surface area contributed by atoms with E-state index < -0.39 is 115 Å². The first-order chi connectivity index (χ1) is 29.8. The first kappa shape index (κ1) is 46.7. The van der Waals surface area contributed by atoms with E-state index in [-0.39, 0.29) is 36.4 Å². The number of ether oxygens (including phenoxy) is 9. The molecule has 4 aliphatic carbocycles. The van der Waals surface area contributed by atoms with Crippen LogP contribution in [0.1, 0.15) is 99.8 Å². The molecule has 9 rings (SSSR count). The molecule has 17 nitrogen and oxygen atoms in total. The maximum absolute atomic E-state index is 12.6. The minimum atomic E-state index is -1.75. The predicted molar refractivity (Wildman–Crippen MR) is 218 cm³/mol. The van der Waals surface area contributed by atoms with Crippen molar-refractivity contribution in [2.75, 3.05) is 13.2 Å². The summed E-state index contributed by atoms with van der Waals surface area (Å²) < 4.78 is 57.6. The van der Waals surface area contributed by atoms with Crippen LogP contribution >= 0.6 is 0 Å². The van der Waals surface area contributed by atoms with Crippen LogP contribution in [-0.4, -0.2) is 165 Å². The minimum Gasteiger partial charge on any atom is -0.457 e. The Bertz CT molecular complexity index is 1690. The summed E-state index contributed by atoms with van der Waals surface area (Å²) in [5.41, 5.74) is 0.615. The third kappa shape index (κ3) is 7.78. The summed E-state index contributed by atoms with van der Waals surface area (Å²) in [5, 5.41) is 75.9. The quantitative estimate of drug-likeness (QED) is 0.141. The number of hydrogen-bond acceptors (Lipinski definition) is 17. The molecule has 0 unspecified atom stereocenters. The van der Waals surface area contributed by atoms with Gasteiger partial charge in [-0.1, -0.05) is 39.3 Å². The molecule has 0 bridgehead atoms. The molecule has 0 aromatic rings. The van der Waals surface area contributed by atoms with Crippen molar-refractivity contribution in [1.29, 1.82) is 0 Å². The largest absolute Gasteiger partial charge is 0.457 e. The highest BCUT2D eigenvalue weighted by Crippen LogP contribution is 2.71. The Hall–Kier alpha value is -1.39. The SMILES string of the molecule is CC(=O)O[C@@H]1[C@H](O[C@@H]2OC[C@@H](O)[C@H](O)[C@H]2O)[C@@H](O[C@@H]2O[C@@H](C)[C@H](O)[C@@H](O)[C@H]2O)[C@H](O[C@@H]2C[C@H](O)CC3=CC[C@H]4[C@@H]5C[C@@H]6O[C@]7(CC[C@H](C)CO7)[C@@H](C)[C@@H]6[C@@]5(C)CC[C@@H]4[C@]32C)O[C@@H]1C. The molecule has 0 aromatic carbocycles. The van der Waals surface area contributed by atoms with Crippen molar-refractivity contribution in [2.45, 2.75) is 210 Å². The van der Waals surface area contributed by atoms with Gasteiger partial charge in [-0.25, -0.2) is 0 Å². The number of rotatable bonds is 7. The molecule has 5 saturated heterocycles. The topological polar surface area (TPSA) is 242 Å². The van der Waals surface area contributed by atoms with Gasteiger partial charge in [0.15, 0.2) is 30.8 Å². The number of carbonyl (C=O) groups excluding carboxylic acids is 1. The second kappa shape index (κ2) is 17.3. The van der Waals surface area contributed by atoms with E-state index in [9.17, 15) is 40.5 Å². The molecule has 9 aliphatic rings. The van der Waals surface area contributed by atoms with E-state index in [4.69, 9.17) is 42.6 Å². The van der Waals surface area contributed by atoms with E-state index in [0.717, 1.165) is 50.7 Å². The molecule has 5 heterocycles. The third-order valence-corrected chi connectivity index (χ3v) is 17.6. The van der Waals surface area contributed by atoms with Gasteiger partial charge in [0, 0.05) is 31.1 Å². The Kier molecular flexibility index (Phi) is 12.8. The highest BCUT2D eigenvalue weighted by molar-refractivity contribution is 5.66. The van der Waals surface area contributed by atoms with Crippen LogP contribution in [0.25, 0.3) is 0 Å². The van der Waals surface area contributed by atoms with E-state index >= 15 is 0 Å². The molecule has 8 fully saturated rings. The van der Waals surface area contributed by atoms with E-state index in [1.807, 2.05) is 0 Å². The number of hydrogen-bond donors (Lipinski definition) is 7. The number of esters is 1. The van der Waals surface area contributed by atoms with Gasteiger partial charge < -0.3 is 78.4 Å². The minimum absolute atomic E-state index is 0.0516. The van der Waals surface area contributed by atoms with Crippen molar-refractivity contribution in [3.05, 3.63) is 11.6 Å². The van der Waals surface area contributed by atoms with Gasteiger partial charge >= 0.3 is 5.97 Å². The Balaban J connectivity index is 1.03. The molecular formula is C46H72O17. The average molecular weight is 897 g/mol. The molecule has 358 valence electrons. The number of aliphatic hydroxyl groups is 7. The van der Waals surface area contributed by atoms with Crippen molar-refractivity contribution in [3.63, 3.8) is 0 Å². The fraction of sp³-hybridized carbons (Fsp3) is 0.935. The van der Waals surface area contributed by atoms with Gasteiger partial charge in [-0.2, -0.15) is 0 Å². The summed E-state index contributed by atoms with van der Waals surface area (Å²) in [5.74, 6) is 0.866. The summed E-state index contributed by atoms with van der Waals surface area (Å²) >= 11 is 0. The molecule has 7 N–H and O–H groups in total. The van der Waals surface area contributed by atoms with Crippen LogP contribution in [0.15, 0.2) is 11.6 Å². The summed E-state index contributed by atoms with van der Waals surface area (Å²) in [6.45, 7) is 14.0. The van der Waals surface area contributed by atoms with Gasteiger partial charge in [-0.3, -0.25) is 4.79 Å². The number of allylic oxidation sites excluding steroid dienone is 1. The standard InChI is InChI=1S/C46H72O17/c1-19-10-13-46(56-17-19)20(2)32-30(63-46)16-28-26-9-8-24-14-25(48)15-31(45(24,7)27(26)11-12-44(28,32)6)60-43-40(62-42-37(54)35(52)33(50)21(3)57-42)39(38(22(4)58-43)59-23(5)47)61-41-36(53)34(51)29(49)18-55-41/h8,19-22,25-43,48-54H,9-18H2,1-7H3/t19-,20-,21-,22+,25+,26+,27-,28-,29+,30-,31+,32-,33-,34-,35+,36+,37+,38-,39-,40+,41-,42-,43-,44-,45-,46+/m0/s1. The fourth-order valence-electron chi connectivity index (χ4n) is 14.1. The molecule has 0 amide bonds. The Morgan fingerprint density at radius 2 is 1.46 bits per heavy atom. The van der Waals surface area contributed by atoms with Crippen LogP contribution in [0.3, 0.4) is 0 Å². The molecule has 5 aliphatic heterocycles. The Morgan fingerprint density at radius 1 is 0.746 bits per heavy atom. The predicted octanol–water partition coefficient (Wildman–Crippen LogP) is 1.42. The van der Waals surface area contributed by atoms with Crippen molar-refractivity contribution in [1.82, 2.24) is 0 Å². The number of carbonyl (C=O) groups is 1. The fourth-order valence-corrected chi connectivity index (χ4v) is 14.1. The molecule has 0 radical (unpaired) electrons. The number of aliphatic hydroxyl groups excluding tert-OH is 7.